The van der Waals surface area contributed by atoms with Gasteiger partial charge in [0.25, 0.3) is 11.8 Å². The molecule has 37 heavy (non-hydrogen) atoms. The molecule has 4 fully saturated rings. The molecule has 0 saturated carbocycles. The number of anilines is 1. The number of oxime groups is 1. The van der Waals surface area contributed by atoms with E-state index >= 15 is 0 Å². The van der Waals surface area contributed by atoms with Gasteiger partial charge in [0, 0.05) is 42.1 Å². The van der Waals surface area contributed by atoms with E-state index in [0.717, 1.165) is 31.2 Å². The van der Waals surface area contributed by atoms with Gasteiger partial charge in [0.05, 0.1) is 36.7 Å². The fraction of sp³-hybridized carbons (Fsp3) is 0.571. The number of piperidine rings is 3. The number of nitrogens with zero attached hydrogens (tertiary/aromatic N) is 5. The number of hydrogen-bond donors (Lipinski definition) is 3. The standard InChI is InChI=1S/C21H26N8O6S2/c1-35-26-11(14-25-20(23)37-27-14)15(30)24-12-16(31)28-13(18(32)33)10(9-36-17(12)28)8-29-5-2-21(3-6-29,4-7-29)19(22)34/h12,17H,2-9H2,1H3,(H5-,22,23,24,25,27,30,32,33,34)/b26-11-/t12-,17-,21?,29?/m1/s1. The number of amides is 3. The number of primary amides is 1. The van der Waals surface area contributed by atoms with Crippen LogP contribution in [0.25, 0.3) is 0 Å². The van der Waals surface area contributed by atoms with E-state index in [-0.39, 0.29) is 28.3 Å². The minimum atomic E-state index is -1.43. The third-order valence-corrected chi connectivity index (χ3v) is 9.70. The molecule has 0 spiro atoms. The first-order chi connectivity index (χ1) is 17.6. The van der Waals surface area contributed by atoms with E-state index in [0.29, 0.717) is 41.6 Å². The zero-order valence-corrected chi connectivity index (χ0v) is 21.6. The van der Waals surface area contributed by atoms with Crippen LogP contribution in [0.2, 0.25) is 0 Å². The quantitative estimate of drug-likeness (QED) is 0.133. The number of nitrogen functional groups attached to an aromatic ring is 1. The molecule has 0 radical (unpaired) electrons. The number of fused-ring (bicyclic) bond motifs is 4. The Hall–Kier alpha value is -3.24. The summed E-state index contributed by atoms with van der Waals surface area (Å²) in [7, 11) is 1.25. The second-order valence-corrected chi connectivity index (χ2v) is 11.6. The predicted molar refractivity (Wildman–Crippen MR) is 130 cm³/mol. The van der Waals surface area contributed by atoms with E-state index in [1.165, 1.54) is 23.8 Å². The average Bonchev–Trinajstić information content (AvgIpc) is 3.31. The van der Waals surface area contributed by atoms with Crippen LogP contribution in [0.4, 0.5) is 5.13 Å². The van der Waals surface area contributed by atoms with Gasteiger partial charge in [-0.2, -0.15) is 9.36 Å². The topological polar surface area (TPSA) is 206 Å². The molecule has 0 aromatic carbocycles. The van der Waals surface area contributed by atoms with Crippen LogP contribution in [-0.4, -0.2) is 98.6 Å². The van der Waals surface area contributed by atoms with Crippen molar-refractivity contribution in [2.75, 3.05) is 44.8 Å². The van der Waals surface area contributed by atoms with Crippen molar-refractivity contribution in [1.29, 1.82) is 0 Å². The smallest absolute Gasteiger partial charge is 0.278 e. The van der Waals surface area contributed by atoms with E-state index < -0.39 is 34.6 Å². The van der Waals surface area contributed by atoms with Crippen molar-refractivity contribution in [1.82, 2.24) is 19.6 Å². The largest absolute Gasteiger partial charge is 0.543 e. The van der Waals surface area contributed by atoms with Crippen LogP contribution in [0, 0.1) is 5.41 Å². The fourth-order valence-corrected chi connectivity index (χ4v) is 7.45. The molecule has 1 aromatic heterocycles. The Morgan fingerprint density at radius 1 is 1.30 bits per heavy atom. The Labute approximate surface area is 219 Å². The van der Waals surface area contributed by atoms with Crippen LogP contribution in [0.5, 0.6) is 0 Å². The summed E-state index contributed by atoms with van der Waals surface area (Å²) in [6, 6.07) is -0.973. The molecule has 5 aliphatic rings. The molecule has 1 aromatic rings. The molecule has 16 heteroatoms. The molecule has 5 aliphatic heterocycles. The summed E-state index contributed by atoms with van der Waals surface area (Å²) in [6.45, 7) is 2.64. The molecular formula is C21H26N8O6S2. The first-order valence-electron chi connectivity index (χ1n) is 11.6. The lowest BCUT2D eigenvalue weighted by atomic mass is 9.70. The van der Waals surface area contributed by atoms with Crippen LogP contribution in [-0.2, 0) is 24.0 Å². The first kappa shape index (κ1) is 25.4. The third-order valence-electron chi connectivity index (χ3n) is 7.82. The van der Waals surface area contributed by atoms with Crippen LogP contribution in [0.1, 0.15) is 25.1 Å². The number of hydrogen-bond acceptors (Lipinski definition) is 12. The summed E-state index contributed by atoms with van der Waals surface area (Å²) in [4.78, 5) is 60.0. The highest BCUT2D eigenvalue weighted by molar-refractivity contribution is 8.00. The monoisotopic (exact) mass is 550 g/mol. The highest BCUT2D eigenvalue weighted by Crippen LogP contribution is 2.46. The van der Waals surface area contributed by atoms with Crippen molar-refractivity contribution in [2.45, 2.75) is 30.7 Å². The highest BCUT2D eigenvalue weighted by atomic mass is 32.2. The molecule has 2 bridgehead atoms. The molecule has 3 amide bonds. The van der Waals surface area contributed by atoms with Gasteiger partial charge in [-0.1, -0.05) is 5.16 Å². The van der Waals surface area contributed by atoms with E-state index in [9.17, 15) is 24.3 Å². The number of aliphatic carboxylic acids is 1. The lowest BCUT2D eigenvalue weighted by Crippen LogP contribution is -2.72. The average molecular weight is 551 g/mol. The maximum Gasteiger partial charge on any atom is 0.278 e. The molecule has 198 valence electrons. The van der Waals surface area contributed by atoms with Gasteiger partial charge < -0.3 is 36.0 Å². The molecule has 0 aliphatic carbocycles. The van der Waals surface area contributed by atoms with Crippen molar-refractivity contribution in [3.05, 3.63) is 17.1 Å². The zero-order chi connectivity index (χ0) is 26.5. The van der Waals surface area contributed by atoms with Gasteiger partial charge in [-0.05, 0) is 0 Å². The van der Waals surface area contributed by atoms with E-state index in [2.05, 4.69) is 19.8 Å². The van der Waals surface area contributed by atoms with E-state index in [4.69, 9.17) is 16.3 Å². The van der Waals surface area contributed by atoms with Gasteiger partial charge in [0.15, 0.2) is 5.13 Å². The number of β-lactam (4-membered cyclic amide) rings is 1. The third kappa shape index (κ3) is 4.21. The molecule has 0 unspecified atom stereocenters. The number of carbonyl (C=O) groups is 4. The van der Waals surface area contributed by atoms with E-state index in [1.54, 1.807) is 0 Å². The number of quaternary nitrogens is 1. The zero-order valence-electron chi connectivity index (χ0n) is 20.0. The van der Waals surface area contributed by atoms with Crippen molar-refractivity contribution >= 4 is 57.8 Å². The Morgan fingerprint density at radius 3 is 2.51 bits per heavy atom. The number of carboxylic acid groups (broad SMARTS) is 1. The Bertz CT molecular complexity index is 1220. The molecule has 4 saturated heterocycles. The van der Waals surface area contributed by atoms with Gasteiger partial charge in [-0.15, -0.1) is 11.8 Å². The highest BCUT2D eigenvalue weighted by Gasteiger charge is 2.56. The lowest BCUT2D eigenvalue weighted by Gasteiger charge is -2.55. The lowest BCUT2D eigenvalue weighted by molar-refractivity contribution is -0.940. The number of nitrogens with two attached hydrogens (primary N) is 2. The minimum Gasteiger partial charge on any atom is -0.543 e. The van der Waals surface area contributed by atoms with Crippen LogP contribution < -0.4 is 21.9 Å². The predicted octanol–water partition coefficient (Wildman–Crippen LogP) is -2.64. The van der Waals surface area contributed by atoms with Crippen LogP contribution in [0.3, 0.4) is 0 Å². The van der Waals surface area contributed by atoms with Gasteiger partial charge in [0.1, 0.15) is 25.1 Å². The summed E-state index contributed by atoms with van der Waals surface area (Å²) < 4.78 is 4.61. The van der Waals surface area contributed by atoms with Crippen molar-refractivity contribution in [3.63, 3.8) is 0 Å². The fourth-order valence-electron chi connectivity index (χ4n) is 5.68. The summed E-state index contributed by atoms with van der Waals surface area (Å²) in [5.41, 5.74) is 11.0. The Morgan fingerprint density at radius 2 is 1.97 bits per heavy atom. The molecule has 6 heterocycles. The van der Waals surface area contributed by atoms with Gasteiger partial charge in [0.2, 0.25) is 17.4 Å². The molecular weight excluding hydrogens is 524 g/mol. The summed E-state index contributed by atoms with van der Waals surface area (Å²) in [5.74, 6) is -2.68. The number of carbonyl (C=O) groups excluding carboxylic acids is 4. The second kappa shape index (κ2) is 9.25. The maximum atomic E-state index is 13.1. The second-order valence-electron chi connectivity index (χ2n) is 9.74. The normalized spacial score (nSPS) is 31.0. The van der Waals surface area contributed by atoms with Crippen molar-refractivity contribution in [3.8, 4) is 0 Å². The molecule has 6 rings (SSSR count). The van der Waals surface area contributed by atoms with Gasteiger partial charge in [-0.3, -0.25) is 19.3 Å². The van der Waals surface area contributed by atoms with E-state index in [1.807, 2.05) is 0 Å². The van der Waals surface area contributed by atoms with Crippen LogP contribution in [0.15, 0.2) is 16.4 Å². The number of rotatable bonds is 8. The molecule has 5 N–H and O–H groups in total. The van der Waals surface area contributed by atoms with Gasteiger partial charge >= 0.3 is 0 Å². The first-order valence-corrected chi connectivity index (χ1v) is 13.5. The SMILES string of the molecule is CO/N=C(\C(=O)N[C@@H]1C(=O)N2C(C(=O)[O-])=C(C[N+]34CCC(C(N)=O)(CC3)CC4)CS[C@H]12)c1nsc(N)n1. The number of aromatic nitrogens is 2. The minimum absolute atomic E-state index is 0.0447. The van der Waals surface area contributed by atoms with Crippen LogP contribution >= 0.6 is 23.3 Å². The molecule has 14 nitrogen and oxygen atoms in total. The number of thioether (sulfide) groups is 1. The number of nitrogens with one attached hydrogen (secondary N) is 1. The van der Waals surface area contributed by atoms with Crippen molar-refractivity contribution in [2.24, 2.45) is 16.3 Å². The van der Waals surface area contributed by atoms with Crippen molar-refractivity contribution < 1.29 is 33.6 Å². The maximum absolute atomic E-state index is 13.1. The Kier molecular flexibility index (Phi) is 6.35. The summed E-state index contributed by atoms with van der Waals surface area (Å²) >= 11 is 2.25. The summed E-state index contributed by atoms with van der Waals surface area (Å²) in [6.07, 6.45) is 2.02. The number of carboxylic acids is 1. The molecule has 2 atom stereocenters. The van der Waals surface area contributed by atoms with Gasteiger partial charge in [-0.25, -0.2) is 0 Å². The summed E-state index contributed by atoms with van der Waals surface area (Å²) in [5, 5.41) is 18.0. The Balaban J connectivity index is 1.32.